The first-order chi connectivity index (χ1) is 4.06. The van der Waals surface area contributed by atoms with Gasteiger partial charge in [-0.25, -0.2) is 8.78 Å². The Morgan fingerprint density at radius 3 is 2.22 bits per heavy atom. The van der Waals surface area contributed by atoms with Crippen LogP contribution >= 0.6 is 0 Å². The highest BCUT2D eigenvalue weighted by molar-refractivity contribution is 4.57. The van der Waals surface area contributed by atoms with E-state index < -0.39 is 5.92 Å². The molecule has 0 bridgehead atoms. The minimum absolute atomic E-state index is 0.00250. The van der Waals surface area contributed by atoms with Crippen LogP contribution < -0.4 is 0 Å². The van der Waals surface area contributed by atoms with E-state index in [1.54, 1.807) is 0 Å². The Morgan fingerprint density at radius 2 is 1.89 bits per heavy atom. The predicted octanol–water partition coefficient (Wildman–Crippen LogP) is 3.04. The molecule has 0 aromatic heterocycles. The molecule has 0 nitrogen and oxygen atoms in total. The van der Waals surface area contributed by atoms with Gasteiger partial charge in [0.2, 0.25) is 5.92 Å². The van der Waals surface area contributed by atoms with Crippen molar-refractivity contribution in [2.45, 2.75) is 38.5 Å². The van der Waals surface area contributed by atoms with Crippen LogP contribution in [0.1, 0.15) is 32.6 Å². The number of alkyl halides is 2. The summed E-state index contributed by atoms with van der Waals surface area (Å²) in [5, 5.41) is 0. The molecule has 0 amide bonds. The van der Waals surface area contributed by atoms with Crippen LogP contribution in [0.5, 0.6) is 0 Å². The van der Waals surface area contributed by atoms with Gasteiger partial charge in [-0.3, -0.25) is 0 Å². The zero-order valence-corrected chi connectivity index (χ0v) is 5.79. The SMILES string of the molecule is [CH2]CCCCC(C)(F)F. The van der Waals surface area contributed by atoms with E-state index in [2.05, 4.69) is 6.92 Å². The van der Waals surface area contributed by atoms with Crippen molar-refractivity contribution >= 4 is 0 Å². The fourth-order valence-corrected chi connectivity index (χ4v) is 0.612. The second-order valence-corrected chi connectivity index (χ2v) is 2.38. The van der Waals surface area contributed by atoms with Gasteiger partial charge in [-0.15, -0.1) is 0 Å². The first-order valence-electron chi connectivity index (χ1n) is 3.23. The van der Waals surface area contributed by atoms with Gasteiger partial charge >= 0.3 is 0 Å². The molecule has 55 valence electrons. The van der Waals surface area contributed by atoms with Crippen molar-refractivity contribution in [3.63, 3.8) is 0 Å². The van der Waals surface area contributed by atoms with Crippen molar-refractivity contribution < 1.29 is 8.78 Å². The molecule has 0 saturated carbocycles. The Balaban J connectivity index is 3.07. The summed E-state index contributed by atoms with van der Waals surface area (Å²) >= 11 is 0. The lowest BCUT2D eigenvalue weighted by atomic mass is 10.1. The van der Waals surface area contributed by atoms with Gasteiger partial charge < -0.3 is 0 Å². The third kappa shape index (κ3) is 7.86. The Hall–Kier alpha value is -0.140. The number of halogens is 2. The Labute approximate surface area is 55.3 Å². The van der Waals surface area contributed by atoms with Crippen molar-refractivity contribution in [2.24, 2.45) is 0 Å². The van der Waals surface area contributed by atoms with Crippen LogP contribution in [0.3, 0.4) is 0 Å². The molecule has 0 atom stereocenters. The topological polar surface area (TPSA) is 0 Å². The van der Waals surface area contributed by atoms with E-state index in [9.17, 15) is 8.78 Å². The summed E-state index contributed by atoms with van der Waals surface area (Å²) in [4.78, 5) is 0. The minimum atomic E-state index is -2.48. The van der Waals surface area contributed by atoms with E-state index >= 15 is 0 Å². The van der Waals surface area contributed by atoms with E-state index in [-0.39, 0.29) is 6.42 Å². The molecule has 0 aliphatic heterocycles. The number of hydrogen-bond acceptors (Lipinski definition) is 0. The van der Waals surface area contributed by atoms with E-state index in [4.69, 9.17) is 0 Å². The fraction of sp³-hybridized carbons (Fsp3) is 0.857. The van der Waals surface area contributed by atoms with E-state index in [1.807, 2.05) is 0 Å². The van der Waals surface area contributed by atoms with Gasteiger partial charge in [0.05, 0.1) is 0 Å². The number of rotatable bonds is 4. The van der Waals surface area contributed by atoms with Crippen LogP contribution in [0.2, 0.25) is 0 Å². The molecule has 9 heavy (non-hydrogen) atoms. The summed E-state index contributed by atoms with van der Waals surface area (Å²) in [6.07, 6.45) is 2.16. The fourth-order valence-electron chi connectivity index (χ4n) is 0.612. The maximum Gasteiger partial charge on any atom is 0.245 e. The monoisotopic (exact) mass is 135 g/mol. The Morgan fingerprint density at radius 1 is 1.33 bits per heavy atom. The molecular weight excluding hydrogens is 122 g/mol. The van der Waals surface area contributed by atoms with Crippen molar-refractivity contribution in [1.29, 1.82) is 0 Å². The van der Waals surface area contributed by atoms with Gasteiger partial charge in [0, 0.05) is 6.42 Å². The summed E-state index contributed by atoms with van der Waals surface area (Å²) < 4.78 is 24.1. The van der Waals surface area contributed by atoms with Crippen LogP contribution in [0.25, 0.3) is 0 Å². The largest absolute Gasteiger partial charge is 0.245 e. The summed E-state index contributed by atoms with van der Waals surface area (Å²) in [6.45, 7) is 4.51. The molecule has 0 spiro atoms. The average Bonchev–Trinajstić information content (AvgIpc) is 1.63. The van der Waals surface area contributed by atoms with Crippen LogP contribution in [0.4, 0.5) is 8.78 Å². The third-order valence-corrected chi connectivity index (χ3v) is 1.12. The molecule has 0 aliphatic carbocycles. The van der Waals surface area contributed by atoms with Gasteiger partial charge in [-0.2, -0.15) is 0 Å². The maximum absolute atomic E-state index is 12.0. The smallest absolute Gasteiger partial charge is 0.207 e. The van der Waals surface area contributed by atoms with Gasteiger partial charge in [0.1, 0.15) is 0 Å². The van der Waals surface area contributed by atoms with E-state index in [0.717, 1.165) is 19.8 Å². The van der Waals surface area contributed by atoms with Crippen molar-refractivity contribution in [2.75, 3.05) is 0 Å². The standard InChI is InChI=1S/C7H13F2/c1-3-4-5-6-7(2,8)9/h1,3-6H2,2H3. The minimum Gasteiger partial charge on any atom is -0.207 e. The Kier molecular flexibility index (Phi) is 3.75. The molecule has 0 heterocycles. The summed E-state index contributed by atoms with van der Waals surface area (Å²) in [6, 6.07) is 0. The third-order valence-electron chi connectivity index (χ3n) is 1.12. The predicted molar refractivity (Wildman–Crippen MR) is 34.4 cm³/mol. The molecule has 0 aromatic rings. The number of hydrogen-bond donors (Lipinski definition) is 0. The van der Waals surface area contributed by atoms with Gasteiger partial charge in [0.25, 0.3) is 0 Å². The Bertz CT molecular complexity index is 63.8. The van der Waals surface area contributed by atoms with E-state index in [1.165, 1.54) is 0 Å². The van der Waals surface area contributed by atoms with E-state index in [0.29, 0.717) is 6.42 Å². The zero-order chi connectivity index (χ0) is 7.33. The second kappa shape index (κ2) is 3.80. The lowest BCUT2D eigenvalue weighted by Gasteiger charge is -2.07. The molecule has 1 radical (unpaired) electrons. The highest BCUT2D eigenvalue weighted by Crippen LogP contribution is 2.19. The highest BCUT2D eigenvalue weighted by atomic mass is 19.3. The molecule has 0 unspecified atom stereocenters. The quantitative estimate of drug-likeness (QED) is 0.520. The van der Waals surface area contributed by atoms with Crippen molar-refractivity contribution in [3.8, 4) is 0 Å². The van der Waals surface area contributed by atoms with Gasteiger partial charge in [0.15, 0.2) is 0 Å². The lowest BCUT2D eigenvalue weighted by Crippen LogP contribution is -2.08. The number of unbranched alkanes of at least 4 members (excludes halogenated alkanes) is 2. The summed E-state index contributed by atoms with van der Waals surface area (Å²) in [7, 11) is 0. The first-order valence-corrected chi connectivity index (χ1v) is 3.23. The normalized spacial score (nSPS) is 12.0. The molecule has 0 fully saturated rings. The highest BCUT2D eigenvalue weighted by Gasteiger charge is 2.19. The van der Waals surface area contributed by atoms with Crippen molar-refractivity contribution in [3.05, 3.63) is 6.92 Å². The van der Waals surface area contributed by atoms with Crippen LogP contribution in [0.15, 0.2) is 0 Å². The van der Waals surface area contributed by atoms with Crippen LogP contribution in [0, 0.1) is 6.92 Å². The van der Waals surface area contributed by atoms with Crippen LogP contribution in [-0.4, -0.2) is 5.92 Å². The maximum atomic E-state index is 12.0. The average molecular weight is 135 g/mol. The molecule has 0 saturated heterocycles. The van der Waals surface area contributed by atoms with Gasteiger partial charge in [-0.1, -0.05) is 19.8 Å². The zero-order valence-electron chi connectivity index (χ0n) is 5.79. The molecule has 0 aromatic carbocycles. The van der Waals surface area contributed by atoms with Crippen molar-refractivity contribution in [1.82, 2.24) is 0 Å². The first kappa shape index (κ1) is 8.86. The molecule has 0 N–H and O–H groups in total. The molecular formula is C7H13F2. The molecule has 2 heteroatoms. The summed E-state index contributed by atoms with van der Waals surface area (Å²) in [5.41, 5.74) is 0. The van der Waals surface area contributed by atoms with Gasteiger partial charge in [-0.05, 0) is 13.3 Å². The lowest BCUT2D eigenvalue weighted by molar-refractivity contribution is 0.0106. The molecule has 0 aliphatic rings. The van der Waals surface area contributed by atoms with Crippen LogP contribution in [-0.2, 0) is 0 Å². The molecule has 0 rings (SSSR count). The second-order valence-electron chi connectivity index (χ2n) is 2.38. The summed E-state index contributed by atoms with van der Waals surface area (Å²) in [5.74, 6) is -2.48.